The summed E-state index contributed by atoms with van der Waals surface area (Å²) in [5, 5.41) is 9.37. The molecule has 0 unspecified atom stereocenters. The minimum Gasteiger partial charge on any atom is -0.358 e. The van der Waals surface area contributed by atoms with Gasteiger partial charge in [0.05, 0.1) is 6.54 Å². The zero-order valence-corrected chi connectivity index (χ0v) is 19.4. The van der Waals surface area contributed by atoms with E-state index in [-0.39, 0.29) is 42.3 Å². The molecule has 0 saturated carbocycles. The van der Waals surface area contributed by atoms with Gasteiger partial charge in [-0.05, 0) is 19.1 Å². The van der Waals surface area contributed by atoms with Crippen LogP contribution in [-0.4, -0.2) is 99.5 Å². The number of likely N-dealkylation sites (tertiary alicyclic amines) is 1. The van der Waals surface area contributed by atoms with Gasteiger partial charge >= 0.3 is 0 Å². The van der Waals surface area contributed by atoms with Gasteiger partial charge in [-0.25, -0.2) is 4.99 Å². The molecule has 26 heavy (non-hydrogen) atoms. The van der Waals surface area contributed by atoms with Gasteiger partial charge in [0.2, 0.25) is 11.8 Å². The molecule has 0 aromatic rings. The number of halogens is 1. The molecule has 0 aliphatic carbocycles. The van der Waals surface area contributed by atoms with E-state index < -0.39 is 0 Å². The maximum atomic E-state index is 11.8. The second kappa shape index (κ2) is 14.3. The highest BCUT2D eigenvalue weighted by Crippen LogP contribution is 2.09. The number of hydrogen-bond donors (Lipinski definition) is 3. The Labute approximate surface area is 178 Å². The second-order valence-corrected chi connectivity index (χ2v) is 7.23. The normalized spacial score (nSPS) is 15.8. The number of nitrogens with zero attached hydrogens (tertiary/aromatic N) is 3. The number of thioether (sulfide) groups is 1. The molecule has 152 valence electrons. The van der Waals surface area contributed by atoms with Crippen molar-refractivity contribution in [1.82, 2.24) is 25.8 Å². The Hall–Kier alpha value is -0.750. The molecule has 2 amide bonds. The predicted octanol–water partition coefficient (Wildman–Crippen LogP) is -0.199. The van der Waals surface area contributed by atoms with Gasteiger partial charge in [-0.15, -0.1) is 24.0 Å². The summed E-state index contributed by atoms with van der Waals surface area (Å²) in [5.74, 6) is 1.70. The average molecular weight is 500 g/mol. The van der Waals surface area contributed by atoms with Crippen LogP contribution in [0, 0.1) is 0 Å². The van der Waals surface area contributed by atoms with Gasteiger partial charge in [0, 0.05) is 52.6 Å². The highest BCUT2D eigenvalue weighted by molar-refractivity contribution is 14.0. The molecule has 1 heterocycles. The van der Waals surface area contributed by atoms with Crippen molar-refractivity contribution in [3.05, 3.63) is 0 Å². The summed E-state index contributed by atoms with van der Waals surface area (Å²) in [6.45, 7) is 3.14. The van der Waals surface area contributed by atoms with Crippen LogP contribution in [0.1, 0.15) is 12.8 Å². The third-order valence-corrected chi connectivity index (χ3v) is 4.66. The predicted molar refractivity (Wildman–Crippen MR) is 119 cm³/mol. The van der Waals surface area contributed by atoms with Gasteiger partial charge in [-0.3, -0.25) is 14.5 Å². The van der Waals surface area contributed by atoms with E-state index in [1.54, 1.807) is 37.8 Å². The Bertz CT molecular complexity index is 456. The van der Waals surface area contributed by atoms with Crippen LogP contribution >= 0.6 is 35.7 Å². The van der Waals surface area contributed by atoms with Gasteiger partial charge in [0.25, 0.3) is 0 Å². The summed E-state index contributed by atoms with van der Waals surface area (Å²) in [7, 11) is 5.12. The molecular formula is C16H33IN6O2S. The number of amides is 2. The summed E-state index contributed by atoms with van der Waals surface area (Å²) in [6, 6.07) is 0.302. The molecule has 8 nitrogen and oxygen atoms in total. The summed E-state index contributed by atoms with van der Waals surface area (Å²) in [4.78, 5) is 31.3. The number of guanidine groups is 1. The Morgan fingerprint density at radius 1 is 1.27 bits per heavy atom. The van der Waals surface area contributed by atoms with Crippen molar-refractivity contribution in [2.45, 2.75) is 18.9 Å². The first kappa shape index (κ1) is 25.2. The largest absolute Gasteiger partial charge is 0.358 e. The first-order chi connectivity index (χ1) is 12.0. The Morgan fingerprint density at radius 2 is 1.92 bits per heavy atom. The van der Waals surface area contributed by atoms with Crippen molar-refractivity contribution in [3.8, 4) is 0 Å². The van der Waals surface area contributed by atoms with E-state index in [0.717, 1.165) is 38.2 Å². The Balaban J connectivity index is 0.00000625. The van der Waals surface area contributed by atoms with E-state index in [4.69, 9.17) is 0 Å². The van der Waals surface area contributed by atoms with Gasteiger partial charge in [-0.2, -0.15) is 11.8 Å². The van der Waals surface area contributed by atoms with Crippen LogP contribution < -0.4 is 16.0 Å². The Morgan fingerprint density at radius 3 is 2.46 bits per heavy atom. The second-order valence-electron chi connectivity index (χ2n) is 6.24. The number of hydrogen-bond acceptors (Lipinski definition) is 5. The van der Waals surface area contributed by atoms with E-state index in [2.05, 4.69) is 32.1 Å². The fourth-order valence-corrected chi connectivity index (χ4v) is 2.73. The molecule has 0 aromatic heterocycles. The van der Waals surface area contributed by atoms with Crippen molar-refractivity contribution >= 4 is 53.5 Å². The smallest absolute Gasteiger partial charge is 0.243 e. The molecule has 1 aliphatic rings. The standard InChI is InChI=1S/C16H32N6O2S.HI/c1-17-14(23)12-22-8-5-13(6-9-22)20-16(18-7-10-25-4)19-11-15(24)21(2)3;/h13H,5-12H2,1-4H3,(H,17,23)(H2,18,19,20);1H. The van der Waals surface area contributed by atoms with Crippen molar-refractivity contribution < 1.29 is 9.59 Å². The first-order valence-corrected chi connectivity index (χ1v) is 10.0. The van der Waals surface area contributed by atoms with Crippen LogP contribution in [-0.2, 0) is 9.59 Å². The van der Waals surface area contributed by atoms with Crippen molar-refractivity contribution in [3.63, 3.8) is 0 Å². The summed E-state index contributed by atoms with van der Waals surface area (Å²) in [6.07, 6.45) is 3.95. The van der Waals surface area contributed by atoms with Crippen LogP contribution in [0.5, 0.6) is 0 Å². The van der Waals surface area contributed by atoms with E-state index >= 15 is 0 Å². The molecule has 3 N–H and O–H groups in total. The topological polar surface area (TPSA) is 89.1 Å². The van der Waals surface area contributed by atoms with Crippen LogP contribution in [0.4, 0.5) is 0 Å². The van der Waals surface area contributed by atoms with Crippen LogP contribution in [0.25, 0.3) is 0 Å². The molecule has 1 fully saturated rings. The molecular weight excluding hydrogens is 467 g/mol. The summed E-state index contributed by atoms with van der Waals surface area (Å²) in [5.41, 5.74) is 0. The maximum Gasteiger partial charge on any atom is 0.243 e. The zero-order valence-electron chi connectivity index (χ0n) is 16.2. The lowest BCUT2D eigenvalue weighted by Crippen LogP contribution is -2.50. The molecule has 1 rings (SSSR count). The lowest BCUT2D eigenvalue weighted by molar-refractivity contribution is -0.127. The van der Waals surface area contributed by atoms with E-state index in [1.165, 1.54) is 0 Å². The van der Waals surface area contributed by atoms with Gasteiger partial charge < -0.3 is 20.9 Å². The average Bonchev–Trinajstić information content (AvgIpc) is 2.60. The summed E-state index contributed by atoms with van der Waals surface area (Å²) < 4.78 is 0. The lowest BCUT2D eigenvalue weighted by Gasteiger charge is -2.32. The molecule has 1 aliphatic heterocycles. The summed E-state index contributed by atoms with van der Waals surface area (Å²) >= 11 is 1.76. The number of rotatable bonds is 8. The number of carbonyl (C=O) groups excluding carboxylic acids is 2. The molecule has 0 radical (unpaired) electrons. The van der Waals surface area contributed by atoms with E-state index in [0.29, 0.717) is 18.5 Å². The number of piperidine rings is 1. The third-order valence-electron chi connectivity index (χ3n) is 4.04. The zero-order chi connectivity index (χ0) is 18.7. The molecule has 0 spiro atoms. The number of aliphatic imine (C=N–C) groups is 1. The number of likely N-dealkylation sites (N-methyl/N-ethyl adjacent to an activating group) is 2. The highest BCUT2D eigenvalue weighted by Gasteiger charge is 2.21. The van der Waals surface area contributed by atoms with Gasteiger partial charge in [0.15, 0.2) is 5.96 Å². The molecule has 10 heteroatoms. The molecule has 0 atom stereocenters. The quantitative estimate of drug-likeness (QED) is 0.185. The lowest BCUT2D eigenvalue weighted by atomic mass is 10.1. The fourth-order valence-electron chi connectivity index (χ4n) is 2.42. The van der Waals surface area contributed by atoms with Gasteiger partial charge in [0.1, 0.15) is 6.54 Å². The Kier molecular flexibility index (Phi) is 13.9. The monoisotopic (exact) mass is 500 g/mol. The fraction of sp³-hybridized carbons (Fsp3) is 0.812. The minimum absolute atomic E-state index is 0. The van der Waals surface area contributed by atoms with Crippen molar-refractivity contribution in [2.75, 3.05) is 65.9 Å². The van der Waals surface area contributed by atoms with Crippen molar-refractivity contribution in [1.29, 1.82) is 0 Å². The van der Waals surface area contributed by atoms with Crippen LogP contribution in [0.3, 0.4) is 0 Å². The maximum absolute atomic E-state index is 11.8. The van der Waals surface area contributed by atoms with E-state index in [1.807, 2.05) is 0 Å². The highest BCUT2D eigenvalue weighted by atomic mass is 127. The van der Waals surface area contributed by atoms with Crippen LogP contribution in [0.15, 0.2) is 4.99 Å². The number of carbonyl (C=O) groups is 2. The minimum atomic E-state index is -0.0219. The molecule has 0 bridgehead atoms. The van der Waals surface area contributed by atoms with Crippen LogP contribution in [0.2, 0.25) is 0 Å². The number of nitrogens with one attached hydrogen (secondary N) is 3. The molecule has 1 saturated heterocycles. The van der Waals surface area contributed by atoms with Crippen molar-refractivity contribution in [2.24, 2.45) is 4.99 Å². The SMILES string of the molecule is CNC(=O)CN1CCC(NC(=NCC(=O)N(C)C)NCCSC)CC1.I. The first-order valence-electron chi connectivity index (χ1n) is 8.63. The third kappa shape index (κ3) is 10.4. The van der Waals surface area contributed by atoms with Gasteiger partial charge in [-0.1, -0.05) is 0 Å². The molecule has 0 aromatic carbocycles. The van der Waals surface area contributed by atoms with E-state index in [9.17, 15) is 9.59 Å².